The van der Waals surface area contributed by atoms with E-state index in [2.05, 4.69) is 5.32 Å². The number of rotatable bonds is 3. The third-order valence-corrected chi connectivity index (χ3v) is 3.35. The maximum Gasteiger partial charge on any atom is 0.308 e. The largest absolute Gasteiger partial charge is 0.427 e. The summed E-state index contributed by atoms with van der Waals surface area (Å²) in [5, 5.41) is 3.31. The van der Waals surface area contributed by atoms with E-state index in [0.717, 1.165) is 11.1 Å². The van der Waals surface area contributed by atoms with Gasteiger partial charge in [0.2, 0.25) is 0 Å². The smallest absolute Gasteiger partial charge is 0.308 e. The summed E-state index contributed by atoms with van der Waals surface area (Å²) in [6.45, 7) is 5.15. The third-order valence-electron chi connectivity index (χ3n) is 3.05. The van der Waals surface area contributed by atoms with Crippen LogP contribution in [0.5, 0.6) is 5.75 Å². The third kappa shape index (κ3) is 3.86. The number of anilines is 1. The van der Waals surface area contributed by atoms with Crippen molar-refractivity contribution in [2.24, 2.45) is 0 Å². The van der Waals surface area contributed by atoms with E-state index >= 15 is 0 Å². The monoisotopic (exact) mass is 317 g/mol. The first-order valence-corrected chi connectivity index (χ1v) is 7.11. The van der Waals surface area contributed by atoms with Gasteiger partial charge in [-0.15, -0.1) is 0 Å². The molecule has 0 heterocycles. The number of hydrogen-bond acceptors (Lipinski definition) is 3. The van der Waals surface area contributed by atoms with Crippen LogP contribution < -0.4 is 10.1 Å². The topological polar surface area (TPSA) is 55.4 Å². The lowest BCUT2D eigenvalue weighted by atomic mass is 10.1. The van der Waals surface area contributed by atoms with E-state index in [4.69, 9.17) is 16.3 Å². The van der Waals surface area contributed by atoms with Crippen LogP contribution in [0.15, 0.2) is 36.4 Å². The van der Waals surface area contributed by atoms with Gasteiger partial charge in [-0.1, -0.05) is 17.7 Å². The summed E-state index contributed by atoms with van der Waals surface area (Å²) in [6, 6.07) is 10.1. The minimum atomic E-state index is -0.403. The summed E-state index contributed by atoms with van der Waals surface area (Å²) in [5.74, 6) is -0.281. The molecule has 1 N–H and O–H groups in total. The molecule has 0 atom stereocenters. The van der Waals surface area contributed by atoms with E-state index in [1.807, 2.05) is 19.9 Å². The van der Waals surface area contributed by atoms with Crippen molar-refractivity contribution in [3.8, 4) is 5.75 Å². The van der Waals surface area contributed by atoms with Crippen LogP contribution in [0.2, 0.25) is 5.02 Å². The van der Waals surface area contributed by atoms with Crippen LogP contribution in [-0.2, 0) is 4.79 Å². The number of hydrogen-bond donors (Lipinski definition) is 1. The van der Waals surface area contributed by atoms with Gasteiger partial charge in [0.25, 0.3) is 5.91 Å². The summed E-state index contributed by atoms with van der Waals surface area (Å²) in [5.41, 5.74) is 2.98. The number of ether oxygens (including phenoxy) is 1. The molecule has 0 aliphatic rings. The van der Waals surface area contributed by atoms with Crippen molar-refractivity contribution in [3.63, 3.8) is 0 Å². The maximum atomic E-state index is 12.3. The van der Waals surface area contributed by atoms with Crippen LogP contribution in [0.3, 0.4) is 0 Å². The number of carbonyl (C=O) groups excluding carboxylic acids is 2. The standard InChI is InChI=1S/C17H16ClNO3/c1-10-8-11(2)16(15(18)9-10)19-17(21)13-4-6-14(7-5-13)22-12(3)20/h4-9H,1-3H3,(H,19,21). The highest BCUT2D eigenvalue weighted by atomic mass is 35.5. The van der Waals surface area contributed by atoms with E-state index in [9.17, 15) is 9.59 Å². The lowest BCUT2D eigenvalue weighted by Gasteiger charge is -2.12. The summed E-state index contributed by atoms with van der Waals surface area (Å²) in [6.07, 6.45) is 0. The SMILES string of the molecule is CC(=O)Oc1ccc(C(=O)Nc2c(C)cc(C)cc2Cl)cc1. The van der Waals surface area contributed by atoms with E-state index < -0.39 is 5.97 Å². The molecular weight excluding hydrogens is 302 g/mol. The highest BCUT2D eigenvalue weighted by Crippen LogP contribution is 2.28. The molecule has 5 heteroatoms. The second-order valence-corrected chi connectivity index (χ2v) is 5.42. The van der Waals surface area contributed by atoms with Crippen LogP contribution in [0.4, 0.5) is 5.69 Å². The number of esters is 1. The van der Waals surface area contributed by atoms with E-state index in [0.29, 0.717) is 22.0 Å². The summed E-state index contributed by atoms with van der Waals surface area (Å²) in [7, 11) is 0. The van der Waals surface area contributed by atoms with Crippen molar-refractivity contribution in [1.29, 1.82) is 0 Å². The molecule has 2 aromatic rings. The zero-order chi connectivity index (χ0) is 16.3. The van der Waals surface area contributed by atoms with Crippen molar-refractivity contribution < 1.29 is 14.3 Å². The second kappa shape index (κ2) is 6.62. The van der Waals surface area contributed by atoms with Gasteiger partial charge in [0.05, 0.1) is 10.7 Å². The maximum absolute atomic E-state index is 12.3. The predicted molar refractivity (Wildman–Crippen MR) is 86.6 cm³/mol. The first-order valence-electron chi connectivity index (χ1n) is 6.73. The van der Waals surface area contributed by atoms with E-state index in [-0.39, 0.29) is 5.91 Å². The molecule has 0 unspecified atom stereocenters. The van der Waals surface area contributed by atoms with Crippen molar-refractivity contribution in [3.05, 3.63) is 58.1 Å². The van der Waals surface area contributed by atoms with Crippen LogP contribution >= 0.6 is 11.6 Å². The van der Waals surface area contributed by atoms with Gasteiger partial charge in [0, 0.05) is 12.5 Å². The lowest BCUT2D eigenvalue weighted by Crippen LogP contribution is -2.13. The Kier molecular flexibility index (Phi) is 4.83. The van der Waals surface area contributed by atoms with E-state index in [1.54, 1.807) is 30.3 Å². The Morgan fingerprint density at radius 2 is 1.73 bits per heavy atom. The molecule has 22 heavy (non-hydrogen) atoms. The fourth-order valence-corrected chi connectivity index (χ4v) is 2.47. The number of halogens is 1. The quantitative estimate of drug-likeness (QED) is 0.684. The van der Waals surface area contributed by atoms with Crippen molar-refractivity contribution in [2.75, 3.05) is 5.32 Å². The summed E-state index contributed by atoms with van der Waals surface area (Å²) in [4.78, 5) is 23.1. The first kappa shape index (κ1) is 16.0. The van der Waals surface area contributed by atoms with Crippen molar-refractivity contribution >= 4 is 29.2 Å². The molecule has 2 rings (SSSR count). The normalized spacial score (nSPS) is 10.2. The first-order chi connectivity index (χ1) is 10.4. The Morgan fingerprint density at radius 3 is 2.27 bits per heavy atom. The van der Waals surface area contributed by atoms with Crippen LogP contribution in [0.1, 0.15) is 28.4 Å². The minimum Gasteiger partial charge on any atom is -0.427 e. The molecule has 0 aliphatic carbocycles. The summed E-state index contributed by atoms with van der Waals surface area (Å²) >= 11 is 6.18. The van der Waals surface area contributed by atoms with Gasteiger partial charge in [-0.3, -0.25) is 9.59 Å². The number of aryl methyl sites for hydroxylation is 2. The predicted octanol–water partition coefficient (Wildman–Crippen LogP) is 4.13. The average molecular weight is 318 g/mol. The Morgan fingerprint density at radius 1 is 1.09 bits per heavy atom. The van der Waals surface area contributed by atoms with Crippen LogP contribution in [0.25, 0.3) is 0 Å². The highest BCUT2D eigenvalue weighted by Gasteiger charge is 2.11. The molecule has 0 radical (unpaired) electrons. The van der Waals surface area contributed by atoms with Crippen LogP contribution in [0, 0.1) is 13.8 Å². The Bertz CT molecular complexity index is 700. The number of amides is 1. The molecule has 0 saturated heterocycles. The highest BCUT2D eigenvalue weighted by molar-refractivity contribution is 6.34. The van der Waals surface area contributed by atoms with Crippen LogP contribution in [-0.4, -0.2) is 11.9 Å². The molecule has 4 nitrogen and oxygen atoms in total. The average Bonchev–Trinajstić information content (AvgIpc) is 2.42. The molecule has 0 aromatic heterocycles. The molecular formula is C17H16ClNO3. The Labute approximate surface area is 134 Å². The number of nitrogens with one attached hydrogen (secondary N) is 1. The Balaban J connectivity index is 2.17. The molecule has 0 aliphatic heterocycles. The zero-order valence-corrected chi connectivity index (χ0v) is 13.3. The second-order valence-electron chi connectivity index (χ2n) is 5.01. The molecule has 0 spiro atoms. The Hall–Kier alpha value is -2.33. The molecule has 0 bridgehead atoms. The van der Waals surface area contributed by atoms with Gasteiger partial charge in [0.15, 0.2) is 0 Å². The fraction of sp³-hybridized carbons (Fsp3) is 0.176. The van der Waals surface area contributed by atoms with Crippen molar-refractivity contribution in [1.82, 2.24) is 0 Å². The number of carbonyl (C=O) groups is 2. The molecule has 2 aromatic carbocycles. The van der Waals surface area contributed by atoms with Gasteiger partial charge >= 0.3 is 5.97 Å². The van der Waals surface area contributed by atoms with Gasteiger partial charge in [-0.2, -0.15) is 0 Å². The minimum absolute atomic E-state index is 0.275. The van der Waals surface area contributed by atoms with Crippen molar-refractivity contribution in [2.45, 2.75) is 20.8 Å². The van der Waals surface area contributed by atoms with Gasteiger partial charge in [0.1, 0.15) is 5.75 Å². The summed E-state index contributed by atoms with van der Waals surface area (Å²) < 4.78 is 4.93. The molecule has 0 fully saturated rings. The molecule has 0 saturated carbocycles. The van der Waals surface area contributed by atoms with Gasteiger partial charge in [-0.05, 0) is 55.3 Å². The zero-order valence-electron chi connectivity index (χ0n) is 12.6. The van der Waals surface area contributed by atoms with Gasteiger partial charge in [-0.25, -0.2) is 0 Å². The lowest BCUT2D eigenvalue weighted by molar-refractivity contribution is -0.131. The molecule has 114 valence electrons. The van der Waals surface area contributed by atoms with Gasteiger partial charge < -0.3 is 10.1 Å². The fourth-order valence-electron chi connectivity index (χ4n) is 2.10. The van der Waals surface area contributed by atoms with E-state index in [1.165, 1.54) is 6.92 Å². The molecule has 1 amide bonds. The number of benzene rings is 2.